The molecule has 0 saturated carbocycles. The number of aryl methyl sites for hydroxylation is 1. The number of fused-ring (bicyclic) bond motifs is 1. The number of hydrogen-bond acceptors (Lipinski definition) is 6. The van der Waals surface area contributed by atoms with Crippen LogP contribution in [0.4, 0.5) is 5.13 Å². The van der Waals surface area contributed by atoms with Gasteiger partial charge in [0.25, 0.3) is 0 Å². The maximum absolute atomic E-state index is 13.2. The number of anilines is 1. The van der Waals surface area contributed by atoms with Crippen molar-refractivity contribution in [1.29, 1.82) is 0 Å². The second-order valence-electron chi connectivity index (χ2n) is 7.61. The molecule has 1 fully saturated rings. The van der Waals surface area contributed by atoms with Crippen LogP contribution in [0.3, 0.4) is 0 Å². The second-order valence-corrected chi connectivity index (χ2v) is 9.79. The lowest BCUT2D eigenvalue weighted by atomic mass is 10.2. The third-order valence-electron chi connectivity index (χ3n) is 5.21. The summed E-state index contributed by atoms with van der Waals surface area (Å²) in [5.41, 5.74) is 2.13. The van der Waals surface area contributed by atoms with Crippen molar-refractivity contribution >= 4 is 44.4 Å². The van der Waals surface area contributed by atoms with Gasteiger partial charge in [0.2, 0.25) is 5.91 Å². The van der Waals surface area contributed by atoms with Gasteiger partial charge in [0.05, 0.1) is 29.5 Å². The van der Waals surface area contributed by atoms with Crippen molar-refractivity contribution in [3.63, 3.8) is 0 Å². The average molecular weight is 457 g/mol. The molecule has 7 heteroatoms. The molecule has 5 nitrogen and oxygen atoms in total. The van der Waals surface area contributed by atoms with Crippen LogP contribution in [-0.4, -0.2) is 42.5 Å². The summed E-state index contributed by atoms with van der Waals surface area (Å²) in [6.07, 6.45) is 2.58. The number of carbonyl (C=O) groups is 1. The van der Waals surface area contributed by atoms with Gasteiger partial charge in [0.1, 0.15) is 5.75 Å². The second kappa shape index (κ2) is 10.5. The van der Waals surface area contributed by atoms with E-state index in [1.54, 1.807) is 23.1 Å². The molecule has 2 aromatic carbocycles. The van der Waals surface area contributed by atoms with Crippen molar-refractivity contribution in [2.75, 3.05) is 30.4 Å². The Kier molecular flexibility index (Phi) is 7.48. The minimum absolute atomic E-state index is 0.0831. The first-order valence-corrected chi connectivity index (χ1v) is 12.6. The predicted molar refractivity (Wildman–Crippen MR) is 129 cm³/mol. The molecule has 31 heavy (non-hydrogen) atoms. The van der Waals surface area contributed by atoms with Crippen LogP contribution < -0.4 is 9.64 Å². The number of benzene rings is 2. The molecule has 1 unspecified atom stereocenters. The number of hydrogen-bond donors (Lipinski definition) is 0. The van der Waals surface area contributed by atoms with E-state index < -0.39 is 0 Å². The van der Waals surface area contributed by atoms with Gasteiger partial charge in [-0.25, -0.2) is 4.98 Å². The number of ether oxygens (including phenoxy) is 2. The summed E-state index contributed by atoms with van der Waals surface area (Å²) >= 11 is 3.25. The van der Waals surface area contributed by atoms with Gasteiger partial charge in [-0.05, 0) is 57.0 Å². The highest BCUT2D eigenvalue weighted by molar-refractivity contribution is 7.99. The van der Waals surface area contributed by atoms with E-state index in [0.717, 1.165) is 46.3 Å². The molecule has 0 bridgehead atoms. The van der Waals surface area contributed by atoms with Crippen molar-refractivity contribution in [2.45, 2.75) is 44.1 Å². The zero-order valence-electron chi connectivity index (χ0n) is 18.0. The fraction of sp³-hybridized carbons (Fsp3) is 0.417. The molecule has 1 amide bonds. The summed E-state index contributed by atoms with van der Waals surface area (Å²) in [5.74, 6) is 1.67. The molecule has 0 aliphatic carbocycles. The van der Waals surface area contributed by atoms with Gasteiger partial charge in [-0.15, -0.1) is 11.8 Å². The van der Waals surface area contributed by atoms with Gasteiger partial charge in [-0.1, -0.05) is 29.0 Å². The molecule has 0 radical (unpaired) electrons. The van der Waals surface area contributed by atoms with Crippen molar-refractivity contribution in [3.05, 3.63) is 48.0 Å². The molecule has 3 aromatic rings. The van der Waals surface area contributed by atoms with Gasteiger partial charge < -0.3 is 9.47 Å². The Labute approximate surface area is 191 Å². The maximum atomic E-state index is 13.2. The minimum Gasteiger partial charge on any atom is -0.494 e. The third kappa shape index (κ3) is 5.79. The topological polar surface area (TPSA) is 51.7 Å². The number of aromatic nitrogens is 1. The molecule has 0 N–H and O–H groups in total. The summed E-state index contributed by atoms with van der Waals surface area (Å²) in [5, 5.41) is 0.740. The molecule has 4 rings (SSSR count). The van der Waals surface area contributed by atoms with Crippen LogP contribution in [0, 0.1) is 6.92 Å². The fourth-order valence-corrected chi connectivity index (χ4v) is 5.43. The predicted octanol–water partition coefficient (Wildman–Crippen LogP) is 5.70. The van der Waals surface area contributed by atoms with Gasteiger partial charge in [0.15, 0.2) is 5.13 Å². The van der Waals surface area contributed by atoms with E-state index in [0.29, 0.717) is 19.6 Å². The smallest absolute Gasteiger partial charge is 0.229 e. The first-order valence-electron chi connectivity index (χ1n) is 10.8. The number of thioether (sulfide) groups is 1. The summed E-state index contributed by atoms with van der Waals surface area (Å²) in [4.78, 5) is 21.0. The molecule has 1 atom stereocenters. The highest BCUT2D eigenvalue weighted by atomic mass is 32.2. The van der Waals surface area contributed by atoms with Gasteiger partial charge in [-0.3, -0.25) is 9.69 Å². The van der Waals surface area contributed by atoms with E-state index in [9.17, 15) is 4.79 Å². The molecule has 164 valence electrons. The van der Waals surface area contributed by atoms with Crippen LogP contribution in [0.25, 0.3) is 10.2 Å². The molecule has 1 aliphatic heterocycles. The van der Waals surface area contributed by atoms with Crippen molar-refractivity contribution in [1.82, 2.24) is 4.98 Å². The largest absolute Gasteiger partial charge is 0.494 e. The molecular formula is C24H28N2O3S2. The van der Waals surface area contributed by atoms with E-state index >= 15 is 0 Å². The third-order valence-corrected chi connectivity index (χ3v) is 7.26. The van der Waals surface area contributed by atoms with Crippen molar-refractivity contribution in [3.8, 4) is 5.75 Å². The lowest BCUT2D eigenvalue weighted by molar-refractivity contribution is -0.118. The van der Waals surface area contributed by atoms with Crippen LogP contribution in [0.5, 0.6) is 5.75 Å². The van der Waals surface area contributed by atoms with Crippen molar-refractivity contribution < 1.29 is 14.3 Å². The Morgan fingerprint density at radius 2 is 2.13 bits per heavy atom. The number of thiazole rings is 1. The zero-order chi connectivity index (χ0) is 21.6. The van der Waals surface area contributed by atoms with Crippen molar-refractivity contribution in [2.24, 2.45) is 0 Å². The summed E-state index contributed by atoms with van der Waals surface area (Å²) in [6.45, 7) is 6.01. The highest BCUT2D eigenvalue weighted by Crippen LogP contribution is 2.33. The quantitative estimate of drug-likeness (QED) is 0.387. The van der Waals surface area contributed by atoms with Gasteiger partial charge in [-0.2, -0.15) is 0 Å². The van der Waals surface area contributed by atoms with Crippen LogP contribution >= 0.6 is 23.1 Å². The average Bonchev–Trinajstić information content (AvgIpc) is 3.42. The summed E-state index contributed by atoms with van der Waals surface area (Å²) < 4.78 is 12.5. The monoisotopic (exact) mass is 456 g/mol. The first kappa shape index (κ1) is 22.1. The normalized spacial score (nSPS) is 16.0. The van der Waals surface area contributed by atoms with E-state index in [4.69, 9.17) is 14.5 Å². The van der Waals surface area contributed by atoms with Crippen LogP contribution in [0.1, 0.15) is 31.7 Å². The standard InChI is InChI=1S/C24H28N2O3S2/c1-3-28-18-8-11-21-22(15-18)31-24(25-21)26(16-19-5-4-13-29-19)23(27)12-14-30-20-9-6-17(2)7-10-20/h6-11,15,19H,3-5,12-14,16H2,1-2H3. The Balaban J connectivity index is 1.48. The van der Waals surface area contributed by atoms with Crippen LogP contribution in [-0.2, 0) is 9.53 Å². The number of amides is 1. The molecule has 0 spiro atoms. The lowest BCUT2D eigenvalue weighted by Crippen LogP contribution is -2.37. The van der Waals surface area contributed by atoms with E-state index in [2.05, 4.69) is 31.2 Å². The van der Waals surface area contributed by atoms with Gasteiger partial charge >= 0.3 is 0 Å². The first-order chi connectivity index (χ1) is 15.1. The van der Waals surface area contributed by atoms with E-state index in [-0.39, 0.29) is 12.0 Å². The highest BCUT2D eigenvalue weighted by Gasteiger charge is 2.26. The molecule has 1 aromatic heterocycles. The Morgan fingerprint density at radius 3 is 2.87 bits per heavy atom. The molecule has 1 aliphatic rings. The Bertz CT molecular complexity index is 1010. The van der Waals surface area contributed by atoms with Crippen LogP contribution in [0.15, 0.2) is 47.4 Å². The SMILES string of the molecule is CCOc1ccc2nc(N(CC3CCCO3)C(=O)CCSc3ccc(C)cc3)sc2c1. The Hall–Kier alpha value is -2.09. The maximum Gasteiger partial charge on any atom is 0.229 e. The fourth-order valence-electron chi connectivity index (χ4n) is 3.57. The molecular weight excluding hydrogens is 428 g/mol. The molecule has 1 saturated heterocycles. The number of nitrogens with zero attached hydrogens (tertiary/aromatic N) is 2. The summed E-state index contributed by atoms with van der Waals surface area (Å²) in [7, 11) is 0. The zero-order valence-corrected chi connectivity index (χ0v) is 19.6. The van der Waals surface area contributed by atoms with Gasteiger partial charge in [0, 0.05) is 23.7 Å². The summed E-state index contributed by atoms with van der Waals surface area (Å²) in [6, 6.07) is 14.3. The number of carbonyl (C=O) groups excluding carboxylic acids is 1. The number of rotatable bonds is 9. The molecule has 2 heterocycles. The van der Waals surface area contributed by atoms with Crippen LogP contribution in [0.2, 0.25) is 0 Å². The Morgan fingerprint density at radius 1 is 1.29 bits per heavy atom. The van der Waals surface area contributed by atoms with E-state index in [1.165, 1.54) is 10.5 Å². The minimum atomic E-state index is 0.0831. The van der Waals surface area contributed by atoms with E-state index in [1.807, 2.05) is 30.0 Å². The lowest BCUT2D eigenvalue weighted by Gasteiger charge is -2.23.